The minimum absolute atomic E-state index is 0.0301. The third-order valence-electron chi connectivity index (χ3n) is 3.06. The Labute approximate surface area is 99.0 Å². The normalized spacial score (nSPS) is 24.6. The molecule has 0 spiro atoms. The van der Waals surface area contributed by atoms with E-state index < -0.39 is 0 Å². The molecule has 0 radical (unpaired) electrons. The number of anilines is 1. The van der Waals surface area contributed by atoms with Gasteiger partial charge in [-0.25, -0.2) is 4.98 Å². The molecule has 16 heavy (non-hydrogen) atoms. The van der Waals surface area contributed by atoms with Crippen molar-refractivity contribution in [2.75, 3.05) is 5.73 Å². The molecule has 1 aromatic rings. The SMILES string of the molecule is Nc1ncc(Cl)cc1C(=O)C1CCCC1N. The van der Waals surface area contributed by atoms with Gasteiger partial charge in [-0.3, -0.25) is 4.79 Å². The standard InChI is InChI=1S/C11H14ClN3O/c12-6-4-8(11(14)15-5-6)10(16)7-2-1-3-9(7)13/h4-5,7,9H,1-3,13H2,(H2,14,15). The summed E-state index contributed by atoms with van der Waals surface area (Å²) >= 11 is 5.80. The number of pyridine rings is 1. The van der Waals surface area contributed by atoms with Gasteiger partial charge in [0.25, 0.3) is 0 Å². The van der Waals surface area contributed by atoms with E-state index in [1.165, 1.54) is 6.20 Å². The van der Waals surface area contributed by atoms with Gasteiger partial charge in [-0.15, -0.1) is 0 Å². The zero-order valence-electron chi connectivity index (χ0n) is 8.82. The third-order valence-corrected chi connectivity index (χ3v) is 3.26. The first-order chi connectivity index (χ1) is 7.59. The fourth-order valence-corrected chi connectivity index (χ4v) is 2.32. The van der Waals surface area contributed by atoms with Crippen LogP contribution in [0.25, 0.3) is 0 Å². The lowest BCUT2D eigenvalue weighted by Gasteiger charge is -2.14. The van der Waals surface area contributed by atoms with Gasteiger partial charge in [-0.1, -0.05) is 18.0 Å². The Bertz CT molecular complexity index is 422. The van der Waals surface area contributed by atoms with E-state index in [2.05, 4.69) is 4.98 Å². The minimum Gasteiger partial charge on any atom is -0.383 e. The molecule has 4 N–H and O–H groups in total. The van der Waals surface area contributed by atoms with Crippen molar-refractivity contribution in [1.82, 2.24) is 4.98 Å². The van der Waals surface area contributed by atoms with Crippen molar-refractivity contribution in [1.29, 1.82) is 0 Å². The molecular formula is C11H14ClN3O. The second-order valence-corrected chi connectivity index (χ2v) is 4.59. The van der Waals surface area contributed by atoms with Gasteiger partial charge < -0.3 is 11.5 Å². The topological polar surface area (TPSA) is 82.0 Å². The summed E-state index contributed by atoms with van der Waals surface area (Å²) in [4.78, 5) is 16.1. The van der Waals surface area contributed by atoms with Gasteiger partial charge in [0.05, 0.1) is 10.6 Å². The highest BCUT2D eigenvalue weighted by atomic mass is 35.5. The van der Waals surface area contributed by atoms with Crippen molar-refractivity contribution in [2.24, 2.45) is 11.7 Å². The number of aromatic nitrogens is 1. The van der Waals surface area contributed by atoms with E-state index in [1.807, 2.05) is 0 Å². The van der Waals surface area contributed by atoms with Crippen molar-refractivity contribution < 1.29 is 4.79 Å². The Morgan fingerprint density at radius 2 is 2.25 bits per heavy atom. The number of nitrogens with zero attached hydrogens (tertiary/aromatic N) is 1. The van der Waals surface area contributed by atoms with Gasteiger partial charge in [0, 0.05) is 18.2 Å². The number of nitrogens with two attached hydrogens (primary N) is 2. The minimum atomic E-state index is -0.137. The Hall–Kier alpha value is -1.13. The summed E-state index contributed by atoms with van der Waals surface area (Å²) < 4.78 is 0. The smallest absolute Gasteiger partial charge is 0.171 e. The maximum atomic E-state index is 12.2. The molecule has 0 bridgehead atoms. The summed E-state index contributed by atoms with van der Waals surface area (Å²) in [5, 5.41) is 0.420. The highest BCUT2D eigenvalue weighted by Crippen LogP contribution is 2.29. The van der Waals surface area contributed by atoms with E-state index in [1.54, 1.807) is 6.07 Å². The first-order valence-corrected chi connectivity index (χ1v) is 5.68. The predicted molar refractivity (Wildman–Crippen MR) is 63.3 cm³/mol. The number of nitrogen functional groups attached to an aromatic ring is 1. The molecule has 1 saturated carbocycles. The van der Waals surface area contributed by atoms with Crippen molar-refractivity contribution >= 4 is 23.2 Å². The molecule has 0 saturated heterocycles. The van der Waals surface area contributed by atoms with Gasteiger partial charge in [0.2, 0.25) is 0 Å². The highest BCUT2D eigenvalue weighted by Gasteiger charge is 2.32. The summed E-state index contributed by atoms with van der Waals surface area (Å²) in [6.45, 7) is 0. The van der Waals surface area contributed by atoms with Crippen LogP contribution in [0.4, 0.5) is 5.82 Å². The van der Waals surface area contributed by atoms with E-state index in [0.29, 0.717) is 10.6 Å². The van der Waals surface area contributed by atoms with Crippen molar-refractivity contribution in [3.8, 4) is 0 Å². The van der Waals surface area contributed by atoms with Crippen LogP contribution in [0.2, 0.25) is 5.02 Å². The zero-order valence-corrected chi connectivity index (χ0v) is 9.57. The molecule has 0 aromatic carbocycles. The molecule has 0 aliphatic heterocycles. The maximum absolute atomic E-state index is 12.2. The number of rotatable bonds is 2. The lowest BCUT2D eigenvalue weighted by atomic mass is 9.94. The number of halogens is 1. The molecule has 1 fully saturated rings. The van der Waals surface area contributed by atoms with Crippen LogP contribution in [-0.2, 0) is 0 Å². The fourth-order valence-electron chi connectivity index (χ4n) is 2.16. The number of carbonyl (C=O) groups excluding carboxylic acids is 1. The van der Waals surface area contributed by atoms with Crippen LogP contribution in [-0.4, -0.2) is 16.8 Å². The van der Waals surface area contributed by atoms with Crippen LogP contribution in [0.15, 0.2) is 12.3 Å². The number of hydrogen-bond donors (Lipinski definition) is 2. The number of ketones is 1. The molecule has 2 rings (SSSR count). The van der Waals surface area contributed by atoms with Gasteiger partial charge in [-0.05, 0) is 18.9 Å². The fraction of sp³-hybridized carbons (Fsp3) is 0.455. The molecule has 4 nitrogen and oxygen atoms in total. The molecule has 2 atom stereocenters. The number of carbonyl (C=O) groups is 1. The van der Waals surface area contributed by atoms with E-state index in [9.17, 15) is 4.79 Å². The first kappa shape index (κ1) is 11.4. The lowest BCUT2D eigenvalue weighted by Crippen LogP contribution is -2.31. The van der Waals surface area contributed by atoms with Crippen LogP contribution in [0, 0.1) is 5.92 Å². The first-order valence-electron chi connectivity index (χ1n) is 5.30. The molecule has 0 amide bonds. The van der Waals surface area contributed by atoms with Crippen LogP contribution in [0.1, 0.15) is 29.6 Å². The van der Waals surface area contributed by atoms with Gasteiger partial charge in [0.15, 0.2) is 5.78 Å². The van der Waals surface area contributed by atoms with E-state index in [-0.39, 0.29) is 23.6 Å². The van der Waals surface area contributed by atoms with Crippen molar-refractivity contribution in [3.63, 3.8) is 0 Å². The number of hydrogen-bond acceptors (Lipinski definition) is 4. The quantitative estimate of drug-likeness (QED) is 0.769. The monoisotopic (exact) mass is 239 g/mol. The van der Waals surface area contributed by atoms with E-state index in [4.69, 9.17) is 23.1 Å². The summed E-state index contributed by atoms with van der Waals surface area (Å²) in [5.74, 6) is 0.0635. The predicted octanol–water partition coefficient (Wildman–Crippen LogP) is 1.63. The Kier molecular flexibility index (Phi) is 3.12. The van der Waals surface area contributed by atoms with Crippen molar-refractivity contribution in [2.45, 2.75) is 25.3 Å². The molecule has 1 aliphatic rings. The van der Waals surface area contributed by atoms with Gasteiger partial charge in [0.1, 0.15) is 5.82 Å². The van der Waals surface area contributed by atoms with Crippen LogP contribution < -0.4 is 11.5 Å². The molecule has 86 valence electrons. The van der Waals surface area contributed by atoms with Gasteiger partial charge in [-0.2, -0.15) is 0 Å². The summed E-state index contributed by atoms with van der Waals surface area (Å²) in [6.07, 6.45) is 4.14. The average molecular weight is 240 g/mol. The summed E-state index contributed by atoms with van der Waals surface area (Å²) in [6, 6.07) is 1.50. The molecule has 1 aliphatic carbocycles. The van der Waals surface area contributed by atoms with Crippen LogP contribution in [0.5, 0.6) is 0 Å². The lowest BCUT2D eigenvalue weighted by molar-refractivity contribution is 0.0914. The molecule has 2 unspecified atom stereocenters. The Morgan fingerprint density at radius 1 is 1.50 bits per heavy atom. The summed E-state index contributed by atoms with van der Waals surface area (Å²) in [5.41, 5.74) is 12.0. The molecular weight excluding hydrogens is 226 g/mol. The van der Waals surface area contributed by atoms with Crippen LogP contribution >= 0.6 is 11.6 Å². The van der Waals surface area contributed by atoms with E-state index in [0.717, 1.165) is 19.3 Å². The summed E-state index contributed by atoms with van der Waals surface area (Å²) in [7, 11) is 0. The van der Waals surface area contributed by atoms with Crippen LogP contribution in [0.3, 0.4) is 0 Å². The zero-order chi connectivity index (χ0) is 11.7. The largest absolute Gasteiger partial charge is 0.383 e. The van der Waals surface area contributed by atoms with E-state index >= 15 is 0 Å². The second kappa shape index (κ2) is 4.39. The third kappa shape index (κ3) is 2.03. The van der Waals surface area contributed by atoms with Crippen molar-refractivity contribution in [3.05, 3.63) is 22.8 Å². The maximum Gasteiger partial charge on any atom is 0.171 e. The molecule has 1 aromatic heterocycles. The second-order valence-electron chi connectivity index (χ2n) is 4.15. The number of Topliss-reactive ketones (excluding diaryl/α,β-unsaturated/α-hetero) is 1. The Morgan fingerprint density at radius 3 is 2.88 bits per heavy atom. The molecule has 5 heteroatoms. The Balaban J connectivity index is 2.29. The van der Waals surface area contributed by atoms with Gasteiger partial charge >= 0.3 is 0 Å². The highest BCUT2D eigenvalue weighted by molar-refractivity contribution is 6.31. The average Bonchev–Trinajstić information content (AvgIpc) is 2.67. The molecule has 1 heterocycles.